The fourth-order valence-electron chi connectivity index (χ4n) is 2.00. The number of nitrogens with zero attached hydrogens (tertiary/aromatic N) is 2. The van der Waals surface area contributed by atoms with Crippen molar-refractivity contribution in [1.82, 2.24) is 14.9 Å². The second-order valence-electron chi connectivity index (χ2n) is 4.35. The lowest BCUT2D eigenvalue weighted by Gasteiger charge is -2.15. The van der Waals surface area contributed by atoms with Gasteiger partial charge in [-0.1, -0.05) is 0 Å². The first-order valence-corrected chi connectivity index (χ1v) is 6.07. The molecule has 0 aliphatic heterocycles. The zero-order valence-electron chi connectivity index (χ0n) is 10.3. The highest BCUT2D eigenvalue weighted by atomic mass is 16.5. The fourth-order valence-corrected chi connectivity index (χ4v) is 2.00. The van der Waals surface area contributed by atoms with Crippen molar-refractivity contribution < 1.29 is 9.53 Å². The molecule has 0 bridgehead atoms. The Hall–Kier alpha value is -1.36. The highest BCUT2D eigenvalue weighted by Gasteiger charge is 2.36. The molecule has 0 aromatic carbocycles. The van der Waals surface area contributed by atoms with Crippen LogP contribution in [0.4, 0.5) is 0 Å². The number of ether oxygens (including phenoxy) is 1. The number of carbonyl (C=O) groups excluding carboxylic acids is 1. The molecule has 1 atom stereocenters. The molecule has 2 rings (SSSR count). The molecule has 5 heteroatoms. The number of aromatic nitrogens is 2. The first-order valence-electron chi connectivity index (χ1n) is 6.07. The van der Waals surface area contributed by atoms with E-state index < -0.39 is 0 Å². The third-order valence-electron chi connectivity index (χ3n) is 3.17. The van der Waals surface area contributed by atoms with Crippen LogP contribution in [0, 0.1) is 5.92 Å². The zero-order chi connectivity index (χ0) is 12.3. The maximum atomic E-state index is 11.6. The topological polar surface area (TPSA) is 56.2 Å². The SMILES string of the molecule is CCn1ccnc1CNC(C(=O)OC)C1CC1. The summed E-state index contributed by atoms with van der Waals surface area (Å²) in [6.07, 6.45) is 5.94. The molecule has 1 N–H and O–H groups in total. The Bertz CT molecular complexity index is 385. The molecule has 1 fully saturated rings. The normalized spacial score (nSPS) is 16.8. The third kappa shape index (κ3) is 2.85. The van der Waals surface area contributed by atoms with Crippen molar-refractivity contribution in [2.24, 2.45) is 5.92 Å². The van der Waals surface area contributed by atoms with Crippen molar-refractivity contribution >= 4 is 5.97 Å². The van der Waals surface area contributed by atoms with E-state index in [1.807, 2.05) is 6.20 Å². The molecule has 0 amide bonds. The lowest BCUT2D eigenvalue weighted by Crippen LogP contribution is -2.39. The van der Waals surface area contributed by atoms with E-state index in [-0.39, 0.29) is 12.0 Å². The molecule has 94 valence electrons. The number of hydrogen-bond donors (Lipinski definition) is 1. The van der Waals surface area contributed by atoms with Crippen LogP contribution >= 0.6 is 0 Å². The maximum absolute atomic E-state index is 11.6. The van der Waals surface area contributed by atoms with Crippen LogP contribution < -0.4 is 5.32 Å². The molecule has 1 aliphatic rings. The van der Waals surface area contributed by atoms with E-state index >= 15 is 0 Å². The van der Waals surface area contributed by atoms with Gasteiger partial charge in [-0.2, -0.15) is 0 Å². The number of nitrogens with one attached hydrogen (secondary N) is 1. The fraction of sp³-hybridized carbons (Fsp3) is 0.667. The first kappa shape index (κ1) is 12.1. The Balaban J connectivity index is 1.93. The minimum Gasteiger partial charge on any atom is -0.468 e. The minimum absolute atomic E-state index is 0.165. The number of rotatable bonds is 6. The van der Waals surface area contributed by atoms with Crippen molar-refractivity contribution in [3.05, 3.63) is 18.2 Å². The number of methoxy groups -OCH3 is 1. The van der Waals surface area contributed by atoms with Gasteiger partial charge in [-0.05, 0) is 25.7 Å². The molecular formula is C12H19N3O2. The van der Waals surface area contributed by atoms with Crippen LogP contribution in [0.3, 0.4) is 0 Å². The van der Waals surface area contributed by atoms with Crippen molar-refractivity contribution in [2.75, 3.05) is 7.11 Å². The summed E-state index contributed by atoms with van der Waals surface area (Å²) in [7, 11) is 1.44. The Morgan fingerprint density at radius 3 is 3.06 bits per heavy atom. The molecule has 1 aliphatic carbocycles. The molecule has 5 nitrogen and oxygen atoms in total. The Morgan fingerprint density at radius 1 is 1.71 bits per heavy atom. The van der Waals surface area contributed by atoms with Crippen molar-refractivity contribution in [3.8, 4) is 0 Å². The maximum Gasteiger partial charge on any atom is 0.323 e. The van der Waals surface area contributed by atoms with Crippen LogP contribution in [-0.2, 0) is 22.6 Å². The number of hydrogen-bond acceptors (Lipinski definition) is 4. The predicted octanol–water partition coefficient (Wildman–Crippen LogP) is 0.944. The van der Waals surface area contributed by atoms with Crippen LogP contribution in [0.5, 0.6) is 0 Å². The average molecular weight is 237 g/mol. The van der Waals surface area contributed by atoms with E-state index in [9.17, 15) is 4.79 Å². The van der Waals surface area contributed by atoms with Gasteiger partial charge in [0.2, 0.25) is 0 Å². The van der Waals surface area contributed by atoms with Gasteiger partial charge >= 0.3 is 5.97 Å². The van der Waals surface area contributed by atoms with E-state index in [1.54, 1.807) is 6.20 Å². The molecule has 0 saturated heterocycles. The van der Waals surface area contributed by atoms with Gasteiger partial charge in [0, 0.05) is 18.9 Å². The van der Waals surface area contributed by atoms with Crippen LogP contribution in [0.2, 0.25) is 0 Å². The smallest absolute Gasteiger partial charge is 0.323 e. The van der Waals surface area contributed by atoms with E-state index in [1.165, 1.54) is 7.11 Å². The second kappa shape index (κ2) is 5.31. The van der Waals surface area contributed by atoms with Gasteiger partial charge in [-0.15, -0.1) is 0 Å². The summed E-state index contributed by atoms with van der Waals surface area (Å²) < 4.78 is 6.88. The van der Waals surface area contributed by atoms with Crippen molar-refractivity contribution in [3.63, 3.8) is 0 Å². The monoisotopic (exact) mass is 237 g/mol. The third-order valence-corrected chi connectivity index (χ3v) is 3.17. The number of aryl methyl sites for hydroxylation is 1. The second-order valence-corrected chi connectivity index (χ2v) is 4.35. The lowest BCUT2D eigenvalue weighted by molar-refractivity contribution is -0.143. The molecule has 0 radical (unpaired) electrons. The van der Waals surface area contributed by atoms with Crippen molar-refractivity contribution in [2.45, 2.75) is 38.9 Å². The molecule has 1 aromatic rings. The highest BCUT2D eigenvalue weighted by Crippen LogP contribution is 2.33. The Labute approximate surface area is 101 Å². The van der Waals surface area contributed by atoms with Gasteiger partial charge in [-0.25, -0.2) is 4.98 Å². The zero-order valence-corrected chi connectivity index (χ0v) is 10.3. The molecule has 1 saturated carbocycles. The number of imidazole rings is 1. The largest absolute Gasteiger partial charge is 0.468 e. The van der Waals surface area contributed by atoms with Crippen LogP contribution in [0.25, 0.3) is 0 Å². The van der Waals surface area contributed by atoms with Gasteiger partial charge in [0.05, 0.1) is 13.7 Å². The molecule has 0 spiro atoms. The van der Waals surface area contributed by atoms with Crippen LogP contribution in [0.15, 0.2) is 12.4 Å². The summed E-state index contributed by atoms with van der Waals surface area (Å²) in [6.45, 7) is 3.57. The standard InChI is InChI=1S/C12H19N3O2/c1-3-15-7-6-13-10(15)8-14-11(9-4-5-9)12(16)17-2/h6-7,9,11,14H,3-5,8H2,1-2H3. The van der Waals surface area contributed by atoms with E-state index in [2.05, 4.69) is 21.8 Å². The summed E-state index contributed by atoms with van der Waals surface area (Å²) in [6, 6.07) is -0.179. The lowest BCUT2D eigenvalue weighted by atomic mass is 10.2. The van der Waals surface area contributed by atoms with Crippen molar-refractivity contribution in [1.29, 1.82) is 0 Å². The van der Waals surface area contributed by atoms with E-state index in [0.717, 1.165) is 25.2 Å². The molecular weight excluding hydrogens is 218 g/mol. The van der Waals surface area contributed by atoms with Gasteiger partial charge < -0.3 is 9.30 Å². The average Bonchev–Trinajstić information content (AvgIpc) is 3.07. The van der Waals surface area contributed by atoms with Gasteiger partial charge in [0.1, 0.15) is 11.9 Å². The van der Waals surface area contributed by atoms with Gasteiger partial charge in [-0.3, -0.25) is 10.1 Å². The van der Waals surface area contributed by atoms with Crippen LogP contribution in [0.1, 0.15) is 25.6 Å². The van der Waals surface area contributed by atoms with Gasteiger partial charge in [0.15, 0.2) is 0 Å². The quantitative estimate of drug-likeness (QED) is 0.748. The highest BCUT2D eigenvalue weighted by molar-refractivity contribution is 5.76. The van der Waals surface area contributed by atoms with E-state index in [4.69, 9.17) is 4.74 Å². The number of carbonyl (C=O) groups is 1. The Kier molecular flexibility index (Phi) is 3.78. The number of esters is 1. The van der Waals surface area contributed by atoms with E-state index in [0.29, 0.717) is 12.5 Å². The molecule has 1 unspecified atom stereocenters. The predicted molar refractivity (Wildman–Crippen MR) is 63.3 cm³/mol. The summed E-state index contributed by atoms with van der Waals surface area (Å²) in [5.41, 5.74) is 0. The Morgan fingerprint density at radius 2 is 2.47 bits per heavy atom. The summed E-state index contributed by atoms with van der Waals surface area (Å²) in [4.78, 5) is 15.9. The molecule has 1 aromatic heterocycles. The minimum atomic E-state index is -0.179. The molecule has 17 heavy (non-hydrogen) atoms. The summed E-state index contributed by atoms with van der Waals surface area (Å²) in [5, 5.41) is 3.25. The summed E-state index contributed by atoms with van der Waals surface area (Å²) >= 11 is 0. The van der Waals surface area contributed by atoms with Crippen LogP contribution in [-0.4, -0.2) is 28.7 Å². The molecule has 1 heterocycles. The summed E-state index contributed by atoms with van der Waals surface area (Å²) in [5.74, 6) is 1.23. The first-order chi connectivity index (χ1) is 8.26. The van der Waals surface area contributed by atoms with Gasteiger partial charge in [0.25, 0.3) is 0 Å².